The Bertz CT molecular complexity index is 1180. The van der Waals surface area contributed by atoms with Crippen LogP contribution in [0.5, 0.6) is 0 Å². The first kappa shape index (κ1) is 18.0. The number of carbonyl (C=O) groups is 1. The van der Waals surface area contributed by atoms with Gasteiger partial charge in [0.05, 0.1) is 17.9 Å². The van der Waals surface area contributed by atoms with E-state index in [4.69, 9.17) is 4.99 Å². The van der Waals surface area contributed by atoms with Crippen LogP contribution in [0, 0.1) is 0 Å². The van der Waals surface area contributed by atoms with Crippen LogP contribution < -0.4 is 10.6 Å². The maximum atomic E-state index is 12.9. The minimum atomic E-state index is -0.902. The summed E-state index contributed by atoms with van der Waals surface area (Å²) in [4.78, 5) is 26.8. The van der Waals surface area contributed by atoms with E-state index >= 15 is 0 Å². The number of fused-ring (bicyclic) bond motifs is 1. The van der Waals surface area contributed by atoms with Gasteiger partial charge in [-0.1, -0.05) is 78.9 Å². The predicted octanol–water partition coefficient (Wildman–Crippen LogP) is 3.25. The zero-order chi connectivity index (χ0) is 20.3. The lowest BCUT2D eigenvalue weighted by Gasteiger charge is -2.09. The standard InChI is InChI=1S/C24H19N5O/c30-24-23(28-20-15-25-22(27-20)17-11-5-2-6-12-17)29-21(16-9-3-1-4-10-16)18-13-7-8-14-19(18)26-24/h1-14,23H,15H2,(H,26,30)(H,25,27,28). The van der Waals surface area contributed by atoms with Gasteiger partial charge in [-0.25, -0.2) is 9.98 Å². The molecular weight excluding hydrogens is 374 g/mol. The number of hydrogen-bond acceptors (Lipinski definition) is 4. The van der Waals surface area contributed by atoms with E-state index < -0.39 is 6.17 Å². The van der Waals surface area contributed by atoms with Gasteiger partial charge in [0.15, 0.2) is 0 Å². The highest BCUT2D eigenvalue weighted by Gasteiger charge is 2.26. The Kier molecular flexibility index (Phi) is 4.65. The van der Waals surface area contributed by atoms with Gasteiger partial charge in [-0.3, -0.25) is 9.79 Å². The van der Waals surface area contributed by atoms with Crippen LogP contribution >= 0.6 is 0 Å². The molecule has 0 spiro atoms. The molecule has 2 heterocycles. The zero-order valence-corrected chi connectivity index (χ0v) is 16.1. The fourth-order valence-corrected chi connectivity index (χ4v) is 3.51. The van der Waals surface area contributed by atoms with E-state index in [1.807, 2.05) is 84.9 Å². The summed E-state index contributed by atoms with van der Waals surface area (Å²) in [7, 11) is 0. The Morgan fingerprint density at radius 1 is 0.800 bits per heavy atom. The van der Waals surface area contributed by atoms with Crippen LogP contribution in [0.3, 0.4) is 0 Å². The summed E-state index contributed by atoms with van der Waals surface area (Å²) in [6, 6.07) is 27.4. The van der Waals surface area contributed by atoms with Gasteiger partial charge < -0.3 is 10.6 Å². The van der Waals surface area contributed by atoms with Crippen molar-refractivity contribution < 1.29 is 4.79 Å². The highest BCUT2D eigenvalue weighted by Crippen LogP contribution is 2.24. The number of rotatable bonds is 3. The number of nitrogens with zero attached hydrogens (tertiary/aromatic N) is 3. The van der Waals surface area contributed by atoms with Gasteiger partial charge in [-0.15, -0.1) is 0 Å². The van der Waals surface area contributed by atoms with Gasteiger partial charge in [0.2, 0.25) is 6.17 Å². The number of benzodiazepines with no additional fused rings is 1. The fourth-order valence-electron chi connectivity index (χ4n) is 3.51. The van der Waals surface area contributed by atoms with Crippen molar-refractivity contribution in [1.29, 1.82) is 0 Å². The second kappa shape index (κ2) is 7.75. The molecule has 3 aromatic carbocycles. The summed E-state index contributed by atoms with van der Waals surface area (Å²) in [5.74, 6) is 1.10. The maximum Gasteiger partial charge on any atom is 0.271 e. The van der Waals surface area contributed by atoms with Crippen LogP contribution in [0.25, 0.3) is 0 Å². The number of anilines is 1. The van der Waals surface area contributed by atoms with Crippen molar-refractivity contribution in [3.05, 3.63) is 102 Å². The summed E-state index contributed by atoms with van der Waals surface area (Å²) in [6.07, 6.45) is -0.902. The lowest BCUT2D eigenvalue weighted by Crippen LogP contribution is -2.31. The number of para-hydroxylation sites is 1. The van der Waals surface area contributed by atoms with Crippen LogP contribution in [0.15, 0.2) is 99.9 Å². The normalized spacial score (nSPS) is 19.3. The number of amides is 1. The zero-order valence-electron chi connectivity index (χ0n) is 16.1. The largest absolute Gasteiger partial charge is 0.327 e. The second-order valence-electron chi connectivity index (χ2n) is 6.98. The van der Waals surface area contributed by atoms with Crippen molar-refractivity contribution >= 4 is 29.0 Å². The Hall–Kier alpha value is -4.06. The molecule has 2 aliphatic heterocycles. The van der Waals surface area contributed by atoms with E-state index in [0.717, 1.165) is 33.9 Å². The molecule has 0 fully saturated rings. The molecule has 146 valence electrons. The van der Waals surface area contributed by atoms with Crippen LogP contribution in [-0.4, -0.2) is 36.0 Å². The monoisotopic (exact) mass is 393 g/mol. The molecule has 5 rings (SSSR count). The molecule has 0 saturated heterocycles. The minimum Gasteiger partial charge on any atom is -0.327 e. The third-order valence-corrected chi connectivity index (χ3v) is 4.95. The molecule has 6 heteroatoms. The molecule has 0 saturated carbocycles. The smallest absolute Gasteiger partial charge is 0.271 e. The molecule has 0 aliphatic carbocycles. The number of nitrogens with one attached hydrogen (secondary N) is 2. The van der Waals surface area contributed by atoms with E-state index in [0.29, 0.717) is 12.4 Å². The third kappa shape index (κ3) is 3.51. The molecule has 0 radical (unpaired) electrons. The van der Waals surface area contributed by atoms with Gasteiger partial charge in [0.25, 0.3) is 5.91 Å². The summed E-state index contributed by atoms with van der Waals surface area (Å²) < 4.78 is 0. The Morgan fingerprint density at radius 2 is 1.47 bits per heavy atom. The number of carbonyl (C=O) groups excluding carboxylic acids is 1. The van der Waals surface area contributed by atoms with Crippen molar-refractivity contribution in [2.75, 3.05) is 11.9 Å². The second-order valence-corrected chi connectivity index (χ2v) is 6.98. The van der Waals surface area contributed by atoms with Gasteiger partial charge in [-0.05, 0) is 6.07 Å². The quantitative estimate of drug-likeness (QED) is 0.717. The average molecular weight is 393 g/mol. The van der Waals surface area contributed by atoms with Crippen LogP contribution in [0.2, 0.25) is 0 Å². The van der Waals surface area contributed by atoms with Crippen LogP contribution in [0.1, 0.15) is 16.7 Å². The first-order chi connectivity index (χ1) is 14.8. The first-order valence-corrected chi connectivity index (χ1v) is 9.75. The van der Waals surface area contributed by atoms with E-state index in [1.165, 1.54) is 0 Å². The number of amidine groups is 2. The van der Waals surface area contributed by atoms with Gasteiger partial charge >= 0.3 is 0 Å². The Morgan fingerprint density at radius 3 is 2.23 bits per heavy atom. The van der Waals surface area contributed by atoms with Gasteiger partial charge in [0.1, 0.15) is 11.7 Å². The summed E-state index contributed by atoms with van der Waals surface area (Å²) >= 11 is 0. The average Bonchev–Trinajstić information content (AvgIpc) is 3.21. The molecule has 0 aromatic heterocycles. The molecule has 1 atom stereocenters. The number of hydrogen-bond donors (Lipinski definition) is 2. The van der Waals surface area contributed by atoms with Crippen LogP contribution in [0.4, 0.5) is 5.69 Å². The Labute approximate surface area is 174 Å². The lowest BCUT2D eigenvalue weighted by molar-refractivity contribution is -0.117. The fraction of sp³-hybridized carbons (Fsp3) is 0.0833. The van der Waals surface area contributed by atoms with E-state index in [-0.39, 0.29) is 5.91 Å². The highest BCUT2D eigenvalue weighted by molar-refractivity contribution is 6.20. The first-order valence-electron chi connectivity index (χ1n) is 9.75. The Balaban J connectivity index is 1.50. The molecule has 0 bridgehead atoms. The van der Waals surface area contributed by atoms with E-state index in [9.17, 15) is 4.79 Å². The SMILES string of the molecule is O=C1Nc2ccccc2C(c2ccccc2)=NC1N=C1CN=C(c2ccccc2)N1. The summed E-state index contributed by atoms with van der Waals surface area (Å²) in [6.45, 7) is 0.386. The minimum absolute atomic E-state index is 0.268. The molecule has 6 nitrogen and oxygen atoms in total. The molecule has 1 unspecified atom stereocenters. The summed E-state index contributed by atoms with van der Waals surface area (Å²) in [5.41, 5.74) is 4.26. The van der Waals surface area contributed by atoms with Gasteiger partial charge in [-0.2, -0.15) is 0 Å². The van der Waals surface area contributed by atoms with E-state index in [2.05, 4.69) is 20.6 Å². The topological polar surface area (TPSA) is 78.2 Å². The molecule has 2 N–H and O–H groups in total. The van der Waals surface area contributed by atoms with Crippen molar-refractivity contribution in [2.24, 2.45) is 15.0 Å². The van der Waals surface area contributed by atoms with Crippen molar-refractivity contribution in [2.45, 2.75) is 6.17 Å². The molecule has 2 aliphatic rings. The summed E-state index contributed by atoms with van der Waals surface area (Å²) in [5, 5.41) is 6.19. The molecule has 3 aromatic rings. The third-order valence-electron chi connectivity index (χ3n) is 4.95. The van der Waals surface area contributed by atoms with E-state index in [1.54, 1.807) is 0 Å². The van der Waals surface area contributed by atoms with Gasteiger partial charge in [0, 0.05) is 16.7 Å². The molecule has 30 heavy (non-hydrogen) atoms. The number of aliphatic imine (C=N–C) groups is 3. The maximum absolute atomic E-state index is 12.9. The highest BCUT2D eigenvalue weighted by atomic mass is 16.2. The van der Waals surface area contributed by atoms with Crippen molar-refractivity contribution in [3.63, 3.8) is 0 Å². The molecular formula is C24H19N5O. The number of benzene rings is 3. The van der Waals surface area contributed by atoms with Crippen LogP contribution in [-0.2, 0) is 4.79 Å². The predicted molar refractivity (Wildman–Crippen MR) is 119 cm³/mol. The lowest BCUT2D eigenvalue weighted by atomic mass is 10.0. The van der Waals surface area contributed by atoms with Crippen molar-refractivity contribution in [3.8, 4) is 0 Å². The molecule has 1 amide bonds. The van der Waals surface area contributed by atoms with Crippen molar-refractivity contribution in [1.82, 2.24) is 5.32 Å².